The number of aromatic nitrogens is 2. The Labute approximate surface area is 234 Å². The van der Waals surface area contributed by atoms with Crippen molar-refractivity contribution in [2.45, 2.75) is 26.0 Å². The molecule has 1 aromatic carbocycles. The van der Waals surface area contributed by atoms with Crippen LogP contribution >= 0.6 is 0 Å². The van der Waals surface area contributed by atoms with Crippen molar-refractivity contribution in [1.29, 1.82) is 0 Å². The number of aliphatic hydroxyl groups is 1. The van der Waals surface area contributed by atoms with E-state index in [-0.39, 0.29) is 48.2 Å². The molecule has 3 atom stereocenters. The lowest BCUT2D eigenvalue weighted by Crippen LogP contribution is -2.50. The summed E-state index contributed by atoms with van der Waals surface area (Å²) in [5.74, 6) is -0.592. The molecule has 210 valence electrons. The molecular weight excluding hydrogens is 510 g/mol. The van der Waals surface area contributed by atoms with Crippen molar-refractivity contribution in [3.63, 3.8) is 0 Å². The number of likely N-dealkylation sites (N-methyl/N-ethyl adjacent to an activating group) is 1. The average Bonchev–Trinajstić information content (AvgIpc) is 2.97. The second kappa shape index (κ2) is 12.3. The maximum absolute atomic E-state index is 13.7. The standard InChI is InChI=1S/C30H35N5O5/c1-19-16-35(20(2)18-36)30(39)25-13-24(21-8-10-22(11-9-21)28(37)33(3)4)15-32-27(25)40-26(19)17-34(5)29(38)23-7-6-12-31-14-23/h6-15,19-20,26,36H,16-18H2,1-5H3/t19-,20-,26+/m0/s1. The summed E-state index contributed by atoms with van der Waals surface area (Å²) in [6, 6.07) is 11.8. The van der Waals surface area contributed by atoms with Crippen molar-refractivity contribution in [3.8, 4) is 17.0 Å². The summed E-state index contributed by atoms with van der Waals surface area (Å²) in [5, 5.41) is 9.92. The monoisotopic (exact) mass is 545 g/mol. The second-order valence-electron chi connectivity index (χ2n) is 10.4. The number of benzene rings is 1. The van der Waals surface area contributed by atoms with Gasteiger partial charge in [0.15, 0.2) is 0 Å². The van der Waals surface area contributed by atoms with Crippen LogP contribution in [0.1, 0.15) is 44.9 Å². The Kier molecular flexibility index (Phi) is 8.79. The fourth-order valence-electron chi connectivity index (χ4n) is 4.60. The Morgan fingerprint density at radius 3 is 2.42 bits per heavy atom. The van der Waals surface area contributed by atoms with Crippen LogP contribution in [0.4, 0.5) is 0 Å². The maximum atomic E-state index is 13.7. The molecule has 0 fully saturated rings. The van der Waals surface area contributed by atoms with E-state index >= 15 is 0 Å². The van der Waals surface area contributed by atoms with Crippen LogP contribution in [-0.2, 0) is 0 Å². The highest BCUT2D eigenvalue weighted by Crippen LogP contribution is 2.30. The van der Waals surface area contributed by atoms with E-state index in [9.17, 15) is 19.5 Å². The number of rotatable bonds is 7. The van der Waals surface area contributed by atoms with Gasteiger partial charge in [-0.05, 0) is 42.8 Å². The zero-order valence-electron chi connectivity index (χ0n) is 23.4. The molecule has 3 heterocycles. The molecule has 1 aliphatic heterocycles. The number of hydrogen-bond donors (Lipinski definition) is 1. The van der Waals surface area contributed by atoms with Crippen molar-refractivity contribution in [1.82, 2.24) is 24.7 Å². The molecule has 4 rings (SSSR count). The largest absolute Gasteiger partial charge is 0.472 e. The van der Waals surface area contributed by atoms with Crippen LogP contribution in [0.5, 0.6) is 5.88 Å². The van der Waals surface area contributed by atoms with Crippen molar-refractivity contribution in [2.75, 3.05) is 40.8 Å². The lowest BCUT2D eigenvalue weighted by atomic mass is 9.98. The van der Waals surface area contributed by atoms with Gasteiger partial charge in [0.25, 0.3) is 17.7 Å². The van der Waals surface area contributed by atoms with E-state index in [4.69, 9.17) is 4.74 Å². The summed E-state index contributed by atoms with van der Waals surface area (Å²) in [6.07, 6.45) is 4.29. The van der Waals surface area contributed by atoms with E-state index in [1.54, 1.807) is 80.6 Å². The minimum atomic E-state index is -0.472. The van der Waals surface area contributed by atoms with E-state index in [1.807, 2.05) is 19.1 Å². The van der Waals surface area contributed by atoms with Gasteiger partial charge in [-0.2, -0.15) is 0 Å². The molecule has 0 radical (unpaired) electrons. The zero-order valence-corrected chi connectivity index (χ0v) is 23.4. The molecule has 40 heavy (non-hydrogen) atoms. The van der Waals surface area contributed by atoms with Crippen LogP contribution in [0.3, 0.4) is 0 Å². The van der Waals surface area contributed by atoms with Gasteiger partial charge in [-0.25, -0.2) is 4.98 Å². The summed E-state index contributed by atoms with van der Waals surface area (Å²) in [5.41, 5.74) is 2.76. The fourth-order valence-corrected chi connectivity index (χ4v) is 4.60. The number of aliphatic hydroxyl groups excluding tert-OH is 1. The minimum Gasteiger partial charge on any atom is -0.472 e. The van der Waals surface area contributed by atoms with Gasteiger partial charge in [-0.15, -0.1) is 0 Å². The Balaban J connectivity index is 1.67. The number of fused-ring (bicyclic) bond motifs is 1. The number of carbonyl (C=O) groups excluding carboxylic acids is 3. The Hall–Kier alpha value is -4.31. The SMILES string of the molecule is C[C@H]1CN([C@@H](C)CO)C(=O)c2cc(-c3ccc(C(=O)N(C)C)cc3)cnc2O[C@@H]1CN(C)C(=O)c1cccnc1. The van der Waals surface area contributed by atoms with Crippen molar-refractivity contribution >= 4 is 17.7 Å². The van der Waals surface area contributed by atoms with Gasteiger partial charge in [0.1, 0.15) is 11.7 Å². The molecule has 0 aliphatic carbocycles. The Morgan fingerprint density at radius 1 is 1.07 bits per heavy atom. The van der Waals surface area contributed by atoms with Gasteiger partial charge in [-0.3, -0.25) is 19.4 Å². The first-order valence-corrected chi connectivity index (χ1v) is 13.2. The summed E-state index contributed by atoms with van der Waals surface area (Å²) < 4.78 is 6.33. The summed E-state index contributed by atoms with van der Waals surface area (Å²) >= 11 is 0. The normalized spacial score (nSPS) is 17.6. The highest BCUT2D eigenvalue weighted by Gasteiger charge is 2.35. The molecule has 3 aromatic rings. The maximum Gasteiger partial charge on any atom is 0.259 e. The third-order valence-electron chi connectivity index (χ3n) is 7.10. The van der Waals surface area contributed by atoms with E-state index in [2.05, 4.69) is 9.97 Å². The first kappa shape index (κ1) is 28.7. The molecule has 1 aliphatic rings. The van der Waals surface area contributed by atoms with Crippen LogP contribution in [0, 0.1) is 5.92 Å². The predicted molar refractivity (Wildman–Crippen MR) is 150 cm³/mol. The molecule has 0 saturated carbocycles. The lowest BCUT2D eigenvalue weighted by Gasteiger charge is -2.37. The summed E-state index contributed by atoms with van der Waals surface area (Å²) in [6.45, 7) is 4.12. The van der Waals surface area contributed by atoms with Crippen molar-refractivity contribution in [3.05, 3.63) is 77.7 Å². The van der Waals surface area contributed by atoms with Gasteiger partial charge in [0.2, 0.25) is 5.88 Å². The van der Waals surface area contributed by atoms with Crippen molar-refractivity contribution < 1.29 is 24.2 Å². The van der Waals surface area contributed by atoms with E-state index < -0.39 is 12.1 Å². The molecule has 10 nitrogen and oxygen atoms in total. The molecule has 0 unspecified atom stereocenters. The fraction of sp³-hybridized carbons (Fsp3) is 0.367. The van der Waals surface area contributed by atoms with Crippen LogP contribution < -0.4 is 4.74 Å². The predicted octanol–water partition coefficient (Wildman–Crippen LogP) is 2.84. The number of hydrogen-bond acceptors (Lipinski definition) is 7. The van der Waals surface area contributed by atoms with Crippen LogP contribution in [0.15, 0.2) is 61.1 Å². The first-order chi connectivity index (χ1) is 19.1. The molecule has 0 saturated heterocycles. The van der Waals surface area contributed by atoms with Gasteiger partial charge in [0.05, 0.1) is 24.8 Å². The van der Waals surface area contributed by atoms with Crippen LogP contribution in [0.25, 0.3) is 11.1 Å². The topological polar surface area (TPSA) is 116 Å². The van der Waals surface area contributed by atoms with Gasteiger partial charge >= 0.3 is 0 Å². The minimum absolute atomic E-state index is 0.104. The van der Waals surface area contributed by atoms with E-state index in [1.165, 1.54) is 11.1 Å². The molecule has 1 N–H and O–H groups in total. The lowest BCUT2D eigenvalue weighted by molar-refractivity contribution is 0.0313. The third-order valence-corrected chi connectivity index (χ3v) is 7.10. The van der Waals surface area contributed by atoms with Gasteiger partial charge < -0.3 is 24.5 Å². The highest BCUT2D eigenvalue weighted by molar-refractivity contribution is 5.98. The quantitative estimate of drug-likeness (QED) is 0.485. The number of ether oxygens (including phenoxy) is 1. The summed E-state index contributed by atoms with van der Waals surface area (Å²) in [7, 11) is 5.09. The molecule has 10 heteroatoms. The Morgan fingerprint density at radius 2 is 1.80 bits per heavy atom. The molecule has 2 aromatic heterocycles. The second-order valence-corrected chi connectivity index (χ2v) is 10.4. The zero-order chi connectivity index (χ0) is 29.0. The number of carbonyl (C=O) groups is 3. The third kappa shape index (κ3) is 6.12. The number of amides is 3. The summed E-state index contributed by atoms with van der Waals surface area (Å²) in [4.78, 5) is 52.3. The van der Waals surface area contributed by atoms with E-state index in [0.717, 1.165) is 5.56 Å². The van der Waals surface area contributed by atoms with E-state index in [0.29, 0.717) is 23.2 Å². The van der Waals surface area contributed by atoms with Crippen LogP contribution in [-0.4, -0.2) is 100 Å². The van der Waals surface area contributed by atoms with Gasteiger partial charge in [0, 0.05) is 63.3 Å². The molecule has 0 spiro atoms. The highest BCUT2D eigenvalue weighted by atomic mass is 16.5. The Bertz CT molecular complexity index is 1360. The van der Waals surface area contributed by atoms with Gasteiger partial charge in [-0.1, -0.05) is 19.1 Å². The number of pyridine rings is 2. The van der Waals surface area contributed by atoms with Crippen LogP contribution in [0.2, 0.25) is 0 Å². The van der Waals surface area contributed by atoms with Crippen molar-refractivity contribution in [2.24, 2.45) is 5.92 Å². The molecule has 0 bridgehead atoms. The molecule has 3 amide bonds. The average molecular weight is 546 g/mol. The molecular formula is C30H35N5O5. The smallest absolute Gasteiger partial charge is 0.259 e. The number of nitrogens with zero attached hydrogens (tertiary/aromatic N) is 5. The first-order valence-electron chi connectivity index (χ1n) is 13.2.